The van der Waals surface area contributed by atoms with E-state index in [-0.39, 0.29) is 5.52 Å². The van der Waals surface area contributed by atoms with Crippen LogP contribution in [-0.4, -0.2) is 23.9 Å². The first-order chi connectivity index (χ1) is 7.81. The van der Waals surface area contributed by atoms with Crippen molar-refractivity contribution >= 4 is 21.0 Å². The molecule has 0 radical (unpaired) electrons. The first-order valence-electron chi connectivity index (χ1n) is 4.24. The topological polar surface area (TPSA) is 72.1 Å². The lowest BCUT2D eigenvalue weighted by Crippen LogP contribution is -2.28. The van der Waals surface area contributed by atoms with Crippen LogP contribution in [0.15, 0.2) is 24.5 Å². The Morgan fingerprint density at radius 3 is 2.71 bits per heavy atom. The highest BCUT2D eigenvalue weighted by Gasteiger charge is 2.49. The second-order valence-corrected chi connectivity index (χ2v) is 4.58. The van der Waals surface area contributed by atoms with Gasteiger partial charge in [-0.05, 0) is 12.1 Å². The fourth-order valence-electron chi connectivity index (χ4n) is 1.16. The number of hydrogen-bond acceptors (Lipinski definition) is 4. The van der Waals surface area contributed by atoms with Gasteiger partial charge in [0.1, 0.15) is 5.52 Å². The number of pyridine rings is 1. The van der Waals surface area contributed by atoms with E-state index in [2.05, 4.69) is 14.2 Å². The molecule has 0 aromatic carbocycles. The molecule has 2 heterocycles. The standard InChI is InChI=1S/C8H5F3N2O3S/c9-8(10,11)17(14,15)16-7-6-5(4-13-7)2-1-3-12-6/h1-4,13H. The van der Waals surface area contributed by atoms with Crippen LogP contribution in [0.5, 0.6) is 5.88 Å². The van der Waals surface area contributed by atoms with Gasteiger partial charge >= 0.3 is 15.6 Å². The highest BCUT2D eigenvalue weighted by atomic mass is 32.2. The van der Waals surface area contributed by atoms with Crippen molar-refractivity contribution in [2.45, 2.75) is 5.51 Å². The molecule has 0 saturated carbocycles. The van der Waals surface area contributed by atoms with Crippen molar-refractivity contribution in [2.24, 2.45) is 0 Å². The molecule has 0 fully saturated rings. The Balaban J connectivity index is 2.44. The van der Waals surface area contributed by atoms with Crippen LogP contribution in [0.2, 0.25) is 0 Å². The van der Waals surface area contributed by atoms with E-state index >= 15 is 0 Å². The summed E-state index contributed by atoms with van der Waals surface area (Å²) in [6.07, 6.45) is 2.60. The van der Waals surface area contributed by atoms with E-state index in [9.17, 15) is 21.6 Å². The third kappa shape index (κ3) is 2.05. The van der Waals surface area contributed by atoms with Crippen molar-refractivity contribution in [2.75, 3.05) is 0 Å². The van der Waals surface area contributed by atoms with Gasteiger partial charge in [0.2, 0.25) is 5.88 Å². The average molecular weight is 266 g/mol. The molecular weight excluding hydrogens is 261 g/mol. The van der Waals surface area contributed by atoms with E-state index in [1.807, 2.05) is 0 Å². The van der Waals surface area contributed by atoms with E-state index in [0.29, 0.717) is 5.39 Å². The number of nitrogens with zero attached hydrogens (tertiary/aromatic N) is 1. The van der Waals surface area contributed by atoms with Crippen LogP contribution in [0.3, 0.4) is 0 Å². The lowest BCUT2D eigenvalue weighted by Gasteiger charge is -2.07. The second-order valence-electron chi connectivity index (χ2n) is 3.04. The van der Waals surface area contributed by atoms with Crippen LogP contribution in [0.25, 0.3) is 10.9 Å². The summed E-state index contributed by atoms with van der Waals surface area (Å²) in [6, 6.07) is 3.10. The minimum Gasteiger partial charge on any atom is -0.355 e. The Morgan fingerprint density at radius 1 is 1.35 bits per heavy atom. The maximum atomic E-state index is 12.1. The molecule has 0 bridgehead atoms. The summed E-state index contributed by atoms with van der Waals surface area (Å²) >= 11 is 0. The molecule has 0 unspecified atom stereocenters. The number of hydrogen-bond donors (Lipinski definition) is 1. The average Bonchev–Trinajstić information content (AvgIpc) is 2.60. The highest BCUT2D eigenvalue weighted by Crippen LogP contribution is 2.29. The minimum atomic E-state index is -5.68. The van der Waals surface area contributed by atoms with E-state index in [1.165, 1.54) is 12.4 Å². The van der Waals surface area contributed by atoms with Gasteiger partial charge < -0.3 is 9.17 Å². The van der Waals surface area contributed by atoms with Gasteiger partial charge in [0.25, 0.3) is 0 Å². The number of alkyl halides is 3. The van der Waals surface area contributed by atoms with Crippen LogP contribution in [0, 0.1) is 0 Å². The molecule has 2 rings (SSSR count). The van der Waals surface area contributed by atoms with Crippen LogP contribution in [0.1, 0.15) is 0 Å². The predicted octanol–water partition coefficient (Wildman–Crippen LogP) is 1.79. The van der Waals surface area contributed by atoms with Crippen molar-refractivity contribution in [1.29, 1.82) is 0 Å². The molecule has 5 nitrogen and oxygen atoms in total. The zero-order valence-electron chi connectivity index (χ0n) is 8.02. The monoisotopic (exact) mass is 266 g/mol. The van der Waals surface area contributed by atoms with Crippen LogP contribution >= 0.6 is 0 Å². The summed E-state index contributed by atoms with van der Waals surface area (Å²) in [5.74, 6) is -0.557. The van der Waals surface area contributed by atoms with Crippen LogP contribution < -0.4 is 4.18 Å². The molecule has 0 spiro atoms. The molecule has 0 aliphatic rings. The van der Waals surface area contributed by atoms with Crippen molar-refractivity contribution in [3.63, 3.8) is 0 Å². The summed E-state index contributed by atoms with van der Waals surface area (Å²) in [5.41, 5.74) is -5.46. The van der Waals surface area contributed by atoms with Crippen molar-refractivity contribution in [3.05, 3.63) is 24.5 Å². The molecule has 9 heteroatoms. The van der Waals surface area contributed by atoms with Crippen molar-refractivity contribution in [1.82, 2.24) is 9.97 Å². The lowest BCUT2D eigenvalue weighted by atomic mass is 10.3. The lowest BCUT2D eigenvalue weighted by molar-refractivity contribution is -0.0500. The quantitative estimate of drug-likeness (QED) is 0.664. The Labute approximate surface area is 93.4 Å². The summed E-state index contributed by atoms with van der Waals surface area (Å²) in [4.78, 5) is 6.00. The van der Waals surface area contributed by atoms with E-state index in [4.69, 9.17) is 0 Å². The molecule has 1 N–H and O–H groups in total. The first kappa shape index (κ1) is 11.7. The van der Waals surface area contributed by atoms with Crippen molar-refractivity contribution < 1.29 is 25.8 Å². The Hall–Kier alpha value is -1.77. The molecule has 0 saturated heterocycles. The molecular formula is C8H5F3N2O3S. The Bertz CT molecular complexity index is 647. The number of fused-ring (bicyclic) bond motifs is 1. The fourth-order valence-corrected chi connectivity index (χ4v) is 1.60. The molecule has 2 aromatic heterocycles. The van der Waals surface area contributed by atoms with E-state index in [0.717, 1.165) is 0 Å². The Morgan fingerprint density at radius 2 is 2.06 bits per heavy atom. The Kier molecular flexibility index (Phi) is 2.49. The van der Waals surface area contributed by atoms with Gasteiger partial charge in [0.05, 0.1) is 0 Å². The van der Waals surface area contributed by atoms with Crippen LogP contribution in [0.4, 0.5) is 13.2 Å². The second kappa shape index (κ2) is 3.62. The number of H-pyrrole nitrogens is 1. The number of aromatic amines is 1. The zero-order chi connectivity index (χ0) is 12.7. The van der Waals surface area contributed by atoms with Gasteiger partial charge in [-0.25, -0.2) is 0 Å². The van der Waals surface area contributed by atoms with Gasteiger partial charge in [-0.2, -0.15) is 21.6 Å². The van der Waals surface area contributed by atoms with Gasteiger partial charge in [-0.15, -0.1) is 0 Å². The predicted molar refractivity (Wildman–Crippen MR) is 51.7 cm³/mol. The normalized spacial score (nSPS) is 12.9. The van der Waals surface area contributed by atoms with Gasteiger partial charge in [0.15, 0.2) is 0 Å². The highest BCUT2D eigenvalue weighted by molar-refractivity contribution is 7.88. The zero-order valence-corrected chi connectivity index (χ0v) is 8.84. The molecule has 0 amide bonds. The molecule has 2 aromatic rings. The summed E-state index contributed by atoms with van der Waals surface area (Å²) in [6.45, 7) is 0. The smallest absolute Gasteiger partial charge is 0.355 e. The molecule has 17 heavy (non-hydrogen) atoms. The summed E-state index contributed by atoms with van der Waals surface area (Å²) in [7, 11) is -5.68. The first-order valence-corrected chi connectivity index (χ1v) is 5.65. The fraction of sp³-hybridized carbons (Fsp3) is 0.125. The molecule has 0 aliphatic carbocycles. The van der Waals surface area contributed by atoms with Gasteiger partial charge in [-0.3, -0.25) is 4.98 Å². The molecule has 92 valence electrons. The van der Waals surface area contributed by atoms with E-state index < -0.39 is 21.5 Å². The molecule has 0 atom stereocenters. The number of rotatable bonds is 2. The number of aromatic nitrogens is 2. The third-order valence-corrected chi connectivity index (χ3v) is 2.84. The third-order valence-electron chi connectivity index (χ3n) is 1.89. The van der Waals surface area contributed by atoms with Gasteiger partial charge in [-0.1, -0.05) is 0 Å². The van der Waals surface area contributed by atoms with Gasteiger partial charge in [0, 0.05) is 17.8 Å². The number of halogens is 3. The maximum absolute atomic E-state index is 12.1. The van der Waals surface area contributed by atoms with Crippen LogP contribution in [-0.2, 0) is 10.1 Å². The largest absolute Gasteiger partial charge is 0.534 e. The summed E-state index contributed by atoms with van der Waals surface area (Å²) < 4.78 is 61.7. The van der Waals surface area contributed by atoms with Crippen molar-refractivity contribution in [3.8, 4) is 5.88 Å². The minimum absolute atomic E-state index is 0.0142. The maximum Gasteiger partial charge on any atom is 0.534 e. The SMILES string of the molecule is O=S(=O)(Oc1[nH]cc2cccnc12)C(F)(F)F. The number of nitrogens with one attached hydrogen (secondary N) is 1. The van der Waals surface area contributed by atoms with E-state index in [1.54, 1.807) is 12.1 Å². The molecule has 0 aliphatic heterocycles. The summed E-state index contributed by atoms with van der Waals surface area (Å²) in [5, 5.41) is 0.444.